The van der Waals surface area contributed by atoms with Crippen LogP contribution in [0.2, 0.25) is 0 Å². The molecule has 1 aromatic carbocycles. The molecule has 0 unspecified atom stereocenters. The molecule has 1 aliphatic carbocycles. The van der Waals surface area contributed by atoms with E-state index in [0.29, 0.717) is 29.6 Å². The first kappa shape index (κ1) is 17.4. The van der Waals surface area contributed by atoms with Gasteiger partial charge in [-0.1, -0.05) is 0 Å². The summed E-state index contributed by atoms with van der Waals surface area (Å²) in [7, 11) is 0. The Morgan fingerprint density at radius 2 is 1.78 bits per heavy atom. The zero-order chi connectivity index (χ0) is 18.6. The number of amides is 3. The van der Waals surface area contributed by atoms with Gasteiger partial charge < -0.3 is 20.4 Å². The van der Waals surface area contributed by atoms with Crippen LogP contribution in [0.15, 0.2) is 58.5 Å². The number of anilines is 2. The number of urea groups is 1. The molecule has 3 aromatic rings. The Hall–Kier alpha value is -3.06. The molecular formula is C20H19N3O3S. The largest absolute Gasteiger partial charge is 0.467 e. The first-order chi connectivity index (χ1) is 13.2. The van der Waals surface area contributed by atoms with Crippen LogP contribution < -0.4 is 16.0 Å². The molecule has 2 aromatic heterocycles. The van der Waals surface area contributed by atoms with Gasteiger partial charge in [0, 0.05) is 11.4 Å². The van der Waals surface area contributed by atoms with Gasteiger partial charge in [-0.25, -0.2) is 4.79 Å². The van der Waals surface area contributed by atoms with E-state index in [-0.39, 0.29) is 11.9 Å². The van der Waals surface area contributed by atoms with Gasteiger partial charge in [-0.15, -0.1) is 11.3 Å². The van der Waals surface area contributed by atoms with Crippen molar-refractivity contribution >= 4 is 34.6 Å². The highest BCUT2D eigenvalue weighted by molar-refractivity contribution is 7.12. The maximum absolute atomic E-state index is 12.5. The van der Waals surface area contributed by atoms with Gasteiger partial charge in [0.25, 0.3) is 5.91 Å². The average molecular weight is 381 g/mol. The molecule has 27 heavy (non-hydrogen) atoms. The second-order valence-corrected chi connectivity index (χ2v) is 7.31. The number of carbonyl (C=O) groups excluding carboxylic acids is 2. The second-order valence-electron chi connectivity index (χ2n) is 6.40. The van der Waals surface area contributed by atoms with Crippen LogP contribution in [0.25, 0.3) is 0 Å². The summed E-state index contributed by atoms with van der Waals surface area (Å²) in [6.07, 6.45) is 3.89. The number of carbonyl (C=O) groups is 2. The lowest BCUT2D eigenvalue weighted by Crippen LogP contribution is -2.27. The number of hydrogen-bond donors (Lipinski definition) is 3. The van der Waals surface area contributed by atoms with Gasteiger partial charge in [0.05, 0.1) is 17.7 Å². The van der Waals surface area contributed by atoms with Crippen LogP contribution in [0, 0.1) is 0 Å². The smallest absolute Gasteiger partial charge is 0.319 e. The van der Waals surface area contributed by atoms with Crippen molar-refractivity contribution in [2.45, 2.75) is 25.3 Å². The molecule has 6 nitrogen and oxygen atoms in total. The summed E-state index contributed by atoms with van der Waals surface area (Å²) in [5.41, 5.74) is 2.49. The van der Waals surface area contributed by atoms with E-state index >= 15 is 0 Å². The SMILES string of the molecule is O=C(NCc1ccco1)Nc1ccc(NC(=O)c2sccc2C2CC2)cc1. The number of nitrogens with one attached hydrogen (secondary N) is 3. The van der Waals surface area contributed by atoms with Gasteiger partial charge >= 0.3 is 6.03 Å². The molecule has 3 amide bonds. The Morgan fingerprint density at radius 3 is 2.44 bits per heavy atom. The summed E-state index contributed by atoms with van der Waals surface area (Å²) < 4.78 is 5.16. The Kier molecular flexibility index (Phi) is 4.93. The van der Waals surface area contributed by atoms with E-state index in [2.05, 4.69) is 16.0 Å². The molecule has 0 spiro atoms. The summed E-state index contributed by atoms with van der Waals surface area (Å²) >= 11 is 1.48. The summed E-state index contributed by atoms with van der Waals surface area (Å²) in [4.78, 5) is 25.2. The fourth-order valence-electron chi connectivity index (χ4n) is 2.80. The van der Waals surface area contributed by atoms with Crippen LogP contribution in [0.3, 0.4) is 0 Å². The van der Waals surface area contributed by atoms with Crippen LogP contribution in [-0.2, 0) is 6.54 Å². The van der Waals surface area contributed by atoms with Crippen molar-refractivity contribution in [2.24, 2.45) is 0 Å². The van der Waals surface area contributed by atoms with Crippen molar-refractivity contribution in [1.29, 1.82) is 0 Å². The molecule has 0 bridgehead atoms. The van der Waals surface area contributed by atoms with E-state index in [4.69, 9.17) is 4.42 Å². The highest BCUT2D eigenvalue weighted by Crippen LogP contribution is 2.43. The van der Waals surface area contributed by atoms with E-state index in [1.165, 1.54) is 24.2 Å². The summed E-state index contributed by atoms with van der Waals surface area (Å²) in [6, 6.07) is 12.3. The summed E-state index contributed by atoms with van der Waals surface area (Å²) in [5, 5.41) is 10.3. The number of furan rings is 1. The fourth-order valence-corrected chi connectivity index (χ4v) is 3.68. The van der Waals surface area contributed by atoms with Crippen LogP contribution in [-0.4, -0.2) is 11.9 Å². The summed E-state index contributed by atoms with van der Waals surface area (Å²) in [6.45, 7) is 0.317. The highest BCUT2D eigenvalue weighted by atomic mass is 32.1. The third-order valence-electron chi connectivity index (χ3n) is 4.32. The maximum Gasteiger partial charge on any atom is 0.319 e. The van der Waals surface area contributed by atoms with Crippen LogP contribution in [0.5, 0.6) is 0 Å². The molecule has 138 valence electrons. The standard InChI is InChI=1S/C20H19N3O3S/c24-19(18-17(9-11-27-18)13-3-4-13)22-14-5-7-15(8-6-14)23-20(25)21-12-16-2-1-10-26-16/h1-2,5-11,13H,3-4,12H2,(H,22,24)(H2,21,23,25). The molecule has 0 atom stereocenters. The van der Waals surface area contributed by atoms with Crippen molar-refractivity contribution in [1.82, 2.24) is 5.32 Å². The van der Waals surface area contributed by atoms with Crippen molar-refractivity contribution < 1.29 is 14.0 Å². The third kappa shape index (κ3) is 4.38. The molecule has 0 saturated heterocycles. The third-order valence-corrected chi connectivity index (χ3v) is 5.25. The Bertz CT molecular complexity index is 928. The minimum absolute atomic E-state index is 0.0798. The predicted octanol–water partition coefficient (Wildman–Crippen LogP) is 4.79. The monoisotopic (exact) mass is 381 g/mol. The first-order valence-corrected chi connectivity index (χ1v) is 9.63. The maximum atomic E-state index is 12.5. The zero-order valence-electron chi connectivity index (χ0n) is 14.5. The zero-order valence-corrected chi connectivity index (χ0v) is 15.3. The lowest BCUT2D eigenvalue weighted by atomic mass is 10.1. The number of hydrogen-bond acceptors (Lipinski definition) is 4. The topological polar surface area (TPSA) is 83.4 Å². The molecule has 0 aliphatic heterocycles. The number of rotatable bonds is 6. The van der Waals surface area contributed by atoms with Gasteiger partial charge in [-0.05, 0) is 72.2 Å². The molecule has 7 heteroatoms. The molecule has 0 radical (unpaired) electrons. The van der Waals surface area contributed by atoms with Gasteiger partial charge in [0.15, 0.2) is 0 Å². The van der Waals surface area contributed by atoms with Crippen LogP contribution in [0.4, 0.5) is 16.2 Å². The lowest BCUT2D eigenvalue weighted by Gasteiger charge is -2.09. The molecule has 1 fully saturated rings. The lowest BCUT2D eigenvalue weighted by molar-refractivity contribution is 0.102. The van der Waals surface area contributed by atoms with E-state index in [9.17, 15) is 9.59 Å². The molecule has 2 heterocycles. The van der Waals surface area contributed by atoms with Gasteiger partial charge in [-0.3, -0.25) is 4.79 Å². The van der Waals surface area contributed by atoms with E-state index in [1.54, 1.807) is 42.7 Å². The normalized spacial score (nSPS) is 13.2. The van der Waals surface area contributed by atoms with Crippen molar-refractivity contribution in [3.05, 3.63) is 70.3 Å². The van der Waals surface area contributed by atoms with Crippen LogP contribution in [0.1, 0.15) is 39.8 Å². The van der Waals surface area contributed by atoms with Crippen molar-refractivity contribution in [2.75, 3.05) is 10.6 Å². The Morgan fingerprint density at radius 1 is 1.04 bits per heavy atom. The highest BCUT2D eigenvalue weighted by Gasteiger charge is 2.28. The van der Waals surface area contributed by atoms with E-state index in [0.717, 1.165) is 10.4 Å². The minimum atomic E-state index is -0.323. The van der Waals surface area contributed by atoms with Crippen molar-refractivity contribution in [3.8, 4) is 0 Å². The minimum Gasteiger partial charge on any atom is -0.467 e. The number of thiophene rings is 1. The average Bonchev–Trinajstić information content (AvgIpc) is 3.18. The predicted molar refractivity (Wildman–Crippen MR) is 105 cm³/mol. The molecule has 4 rings (SSSR count). The molecule has 1 aliphatic rings. The molecular weight excluding hydrogens is 362 g/mol. The van der Waals surface area contributed by atoms with Crippen LogP contribution >= 0.6 is 11.3 Å². The van der Waals surface area contributed by atoms with Gasteiger partial charge in [-0.2, -0.15) is 0 Å². The first-order valence-electron chi connectivity index (χ1n) is 8.75. The quantitative estimate of drug-likeness (QED) is 0.574. The number of benzene rings is 1. The second kappa shape index (κ2) is 7.67. The van der Waals surface area contributed by atoms with Gasteiger partial charge in [0.2, 0.25) is 0 Å². The van der Waals surface area contributed by atoms with E-state index in [1.807, 2.05) is 11.4 Å². The van der Waals surface area contributed by atoms with Crippen molar-refractivity contribution in [3.63, 3.8) is 0 Å². The van der Waals surface area contributed by atoms with Gasteiger partial charge in [0.1, 0.15) is 5.76 Å². The Balaban J connectivity index is 1.31. The molecule has 3 N–H and O–H groups in total. The van der Waals surface area contributed by atoms with E-state index < -0.39 is 0 Å². The fraction of sp³-hybridized carbons (Fsp3) is 0.200. The molecule has 1 saturated carbocycles. The Labute approximate surface area is 160 Å². The summed E-state index contributed by atoms with van der Waals surface area (Å²) in [5.74, 6) is 1.15.